The molecule has 0 saturated carbocycles. The zero-order valence-electron chi connectivity index (χ0n) is 7.12. The molecule has 66 valence electrons. The molecule has 1 aromatic rings. The van der Waals surface area contributed by atoms with E-state index in [9.17, 15) is 4.79 Å². The smallest absolute Gasteiger partial charge is 0.156 e. The SMILES string of the molecule is CCC(=O)C(C)n1cc(Br)cn1. The highest BCUT2D eigenvalue weighted by molar-refractivity contribution is 9.10. The third-order valence-corrected chi connectivity index (χ3v) is 2.19. The van der Waals surface area contributed by atoms with Crippen molar-refractivity contribution < 1.29 is 4.79 Å². The Hall–Kier alpha value is -0.640. The first-order valence-electron chi connectivity index (χ1n) is 3.87. The van der Waals surface area contributed by atoms with Gasteiger partial charge in [-0.3, -0.25) is 9.48 Å². The molecule has 4 heteroatoms. The summed E-state index contributed by atoms with van der Waals surface area (Å²) in [4.78, 5) is 11.2. The molecule has 0 fully saturated rings. The monoisotopic (exact) mass is 230 g/mol. The zero-order chi connectivity index (χ0) is 9.14. The minimum absolute atomic E-state index is 0.152. The highest BCUT2D eigenvalue weighted by atomic mass is 79.9. The van der Waals surface area contributed by atoms with Gasteiger partial charge in [0, 0.05) is 12.6 Å². The summed E-state index contributed by atoms with van der Waals surface area (Å²) < 4.78 is 2.56. The van der Waals surface area contributed by atoms with Crippen LogP contribution in [0.5, 0.6) is 0 Å². The molecule has 1 rings (SSSR count). The number of carbonyl (C=O) groups is 1. The first kappa shape index (κ1) is 9.45. The van der Waals surface area contributed by atoms with Gasteiger partial charge in [-0.2, -0.15) is 5.10 Å². The quantitative estimate of drug-likeness (QED) is 0.799. The molecule has 12 heavy (non-hydrogen) atoms. The summed E-state index contributed by atoms with van der Waals surface area (Å²) in [5.41, 5.74) is 0. The Morgan fingerprint density at radius 2 is 2.50 bits per heavy atom. The first-order chi connectivity index (χ1) is 5.65. The van der Waals surface area contributed by atoms with Gasteiger partial charge in [0.05, 0.1) is 10.7 Å². The van der Waals surface area contributed by atoms with E-state index in [0.29, 0.717) is 6.42 Å². The van der Waals surface area contributed by atoms with E-state index in [4.69, 9.17) is 0 Å². The molecular formula is C8H11BrN2O. The maximum Gasteiger partial charge on any atom is 0.156 e. The lowest BCUT2D eigenvalue weighted by Crippen LogP contribution is -2.15. The number of nitrogens with zero attached hydrogens (tertiary/aromatic N) is 2. The predicted octanol–water partition coefficient (Wildman–Crippen LogP) is 2.19. The first-order valence-corrected chi connectivity index (χ1v) is 4.66. The summed E-state index contributed by atoms with van der Waals surface area (Å²) in [5, 5.41) is 4.03. The lowest BCUT2D eigenvalue weighted by molar-refractivity contribution is -0.121. The lowest BCUT2D eigenvalue weighted by atomic mass is 10.2. The van der Waals surface area contributed by atoms with E-state index in [-0.39, 0.29) is 11.8 Å². The van der Waals surface area contributed by atoms with Crippen LogP contribution in [-0.4, -0.2) is 15.6 Å². The Morgan fingerprint density at radius 1 is 1.83 bits per heavy atom. The van der Waals surface area contributed by atoms with Crippen molar-refractivity contribution in [3.63, 3.8) is 0 Å². The molecule has 0 N–H and O–H groups in total. The molecular weight excluding hydrogens is 220 g/mol. The summed E-state index contributed by atoms with van der Waals surface area (Å²) in [5.74, 6) is 0.200. The highest BCUT2D eigenvalue weighted by Crippen LogP contribution is 2.12. The van der Waals surface area contributed by atoms with Crippen molar-refractivity contribution in [3.8, 4) is 0 Å². The van der Waals surface area contributed by atoms with Crippen LogP contribution in [0.4, 0.5) is 0 Å². The minimum atomic E-state index is -0.152. The van der Waals surface area contributed by atoms with E-state index in [1.165, 1.54) is 0 Å². The van der Waals surface area contributed by atoms with Crippen molar-refractivity contribution in [2.75, 3.05) is 0 Å². The van der Waals surface area contributed by atoms with Crippen LogP contribution < -0.4 is 0 Å². The Labute approximate surface area is 79.9 Å². The fourth-order valence-corrected chi connectivity index (χ4v) is 1.27. The molecule has 0 bridgehead atoms. The van der Waals surface area contributed by atoms with E-state index in [1.807, 2.05) is 13.8 Å². The van der Waals surface area contributed by atoms with Crippen LogP contribution in [0.1, 0.15) is 26.3 Å². The average Bonchev–Trinajstić information content (AvgIpc) is 2.49. The van der Waals surface area contributed by atoms with Crippen molar-refractivity contribution in [2.24, 2.45) is 0 Å². The fourth-order valence-electron chi connectivity index (χ4n) is 0.970. The summed E-state index contributed by atoms with van der Waals surface area (Å²) in [6.07, 6.45) is 4.04. The Bertz CT molecular complexity index is 282. The number of aromatic nitrogens is 2. The van der Waals surface area contributed by atoms with Crippen LogP contribution in [0.15, 0.2) is 16.9 Å². The van der Waals surface area contributed by atoms with E-state index < -0.39 is 0 Å². The van der Waals surface area contributed by atoms with Gasteiger partial charge in [-0.05, 0) is 22.9 Å². The summed E-state index contributed by atoms with van der Waals surface area (Å²) in [7, 11) is 0. The number of halogens is 1. The third kappa shape index (κ3) is 1.94. The van der Waals surface area contributed by atoms with Gasteiger partial charge >= 0.3 is 0 Å². The van der Waals surface area contributed by atoms with Crippen molar-refractivity contribution in [1.29, 1.82) is 0 Å². The largest absolute Gasteiger partial charge is 0.297 e. The van der Waals surface area contributed by atoms with Gasteiger partial charge in [0.25, 0.3) is 0 Å². The van der Waals surface area contributed by atoms with Gasteiger partial charge in [0.15, 0.2) is 5.78 Å². The van der Waals surface area contributed by atoms with Gasteiger partial charge < -0.3 is 0 Å². The Morgan fingerprint density at radius 3 is 2.92 bits per heavy atom. The number of rotatable bonds is 3. The van der Waals surface area contributed by atoms with Gasteiger partial charge in [0.1, 0.15) is 6.04 Å². The van der Waals surface area contributed by atoms with Crippen molar-refractivity contribution >= 4 is 21.7 Å². The summed E-state index contributed by atoms with van der Waals surface area (Å²) in [6.45, 7) is 3.71. The molecule has 1 heterocycles. The lowest BCUT2D eigenvalue weighted by Gasteiger charge is -2.08. The third-order valence-electron chi connectivity index (χ3n) is 1.78. The standard InChI is InChI=1S/C8H11BrN2O/c1-3-8(12)6(2)11-5-7(9)4-10-11/h4-6H,3H2,1-2H3. The van der Waals surface area contributed by atoms with Crippen LogP contribution in [0.25, 0.3) is 0 Å². The normalized spacial score (nSPS) is 12.9. The summed E-state index contributed by atoms with van der Waals surface area (Å²) >= 11 is 3.28. The fraction of sp³-hybridized carbons (Fsp3) is 0.500. The van der Waals surface area contributed by atoms with Crippen LogP contribution in [-0.2, 0) is 4.79 Å². The second-order valence-electron chi connectivity index (χ2n) is 2.63. The molecule has 0 aliphatic carbocycles. The molecule has 1 atom stereocenters. The second kappa shape index (κ2) is 3.85. The van der Waals surface area contributed by atoms with Crippen molar-refractivity contribution in [3.05, 3.63) is 16.9 Å². The number of ketones is 1. The minimum Gasteiger partial charge on any atom is -0.297 e. The van der Waals surface area contributed by atoms with Crippen molar-refractivity contribution in [2.45, 2.75) is 26.3 Å². The molecule has 1 unspecified atom stereocenters. The van der Waals surface area contributed by atoms with Gasteiger partial charge in [-0.1, -0.05) is 6.92 Å². The highest BCUT2D eigenvalue weighted by Gasteiger charge is 2.12. The number of hydrogen-bond acceptors (Lipinski definition) is 2. The van der Waals surface area contributed by atoms with Crippen LogP contribution in [0.2, 0.25) is 0 Å². The Kier molecular flexibility index (Phi) is 3.03. The molecule has 0 radical (unpaired) electrons. The van der Waals surface area contributed by atoms with E-state index in [0.717, 1.165) is 4.47 Å². The number of hydrogen-bond donors (Lipinski definition) is 0. The van der Waals surface area contributed by atoms with Gasteiger partial charge in [0.2, 0.25) is 0 Å². The molecule has 0 aliphatic rings. The molecule has 0 aliphatic heterocycles. The van der Waals surface area contributed by atoms with Crippen LogP contribution >= 0.6 is 15.9 Å². The number of carbonyl (C=O) groups excluding carboxylic acids is 1. The molecule has 3 nitrogen and oxygen atoms in total. The van der Waals surface area contributed by atoms with E-state index >= 15 is 0 Å². The predicted molar refractivity (Wildman–Crippen MR) is 49.9 cm³/mol. The molecule has 0 amide bonds. The average molecular weight is 231 g/mol. The molecule has 0 saturated heterocycles. The summed E-state index contributed by atoms with van der Waals surface area (Å²) in [6, 6.07) is -0.152. The Balaban J connectivity index is 2.77. The number of Topliss-reactive ketones (excluding diaryl/α,β-unsaturated/α-hetero) is 1. The van der Waals surface area contributed by atoms with Gasteiger partial charge in [-0.25, -0.2) is 0 Å². The zero-order valence-corrected chi connectivity index (χ0v) is 8.71. The van der Waals surface area contributed by atoms with Crippen molar-refractivity contribution in [1.82, 2.24) is 9.78 Å². The van der Waals surface area contributed by atoms with E-state index in [1.54, 1.807) is 17.1 Å². The topological polar surface area (TPSA) is 34.9 Å². The van der Waals surface area contributed by atoms with E-state index in [2.05, 4.69) is 21.0 Å². The van der Waals surface area contributed by atoms with Crippen LogP contribution in [0, 0.1) is 0 Å². The van der Waals surface area contributed by atoms with Crippen LogP contribution in [0.3, 0.4) is 0 Å². The molecule has 0 spiro atoms. The second-order valence-corrected chi connectivity index (χ2v) is 3.55. The van der Waals surface area contributed by atoms with Gasteiger partial charge in [-0.15, -0.1) is 0 Å². The molecule has 0 aromatic carbocycles. The maximum atomic E-state index is 11.2. The molecule has 1 aromatic heterocycles. The maximum absolute atomic E-state index is 11.2.